The summed E-state index contributed by atoms with van der Waals surface area (Å²) in [5.41, 5.74) is 0.547. The van der Waals surface area contributed by atoms with Crippen LogP contribution in [0.3, 0.4) is 0 Å². The summed E-state index contributed by atoms with van der Waals surface area (Å²) < 4.78 is 68.5. The van der Waals surface area contributed by atoms with Crippen LogP contribution in [-0.2, 0) is 6.18 Å². The van der Waals surface area contributed by atoms with Crippen molar-refractivity contribution in [3.63, 3.8) is 0 Å². The summed E-state index contributed by atoms with van der Waals surface area (Å²) >= 11 is 0. The Morgan fingerprint density at radius 2 is 1.76 bits per heavy atom. The average Bonchev–Trinajstić information content (AvgIpc) is 2.41. The van der Waals surface area contributed by atoms with Crippen LogP contribution in [0.4, 0.5) is 27.9 Å². The molecule has 1 heterocycles. The fourth-order valence-corrected chi connectivity index (χ4v) is 1.35. The summed E-state index contributed by atoms with van der Waals surface area (Å²) in [6, 6.07) is 2.96. The van der Waals surface area contributed by atoms with E-state index in [2.05, 4.69) is 9.97 Å². The third-order valence-electron chi connectivity index (χ3n) is 2.24. The first-order valence-electron chi connectivity index (χ1n) is 5.35. The Morgan fingerprint density at radius 1 is 1.05 bits per heavy atom. The molecule has 0 radical (unpaired) electrons. The van der Waals surface area contributed by atoms with Gasteiger partial charge < -0.3 is 4.74 Å². The number of nitrogens with zero attached hydrogens (tertiary/aromatic N) is 2. The highest BCUT2D eigenvalue weighted by Crippen LogP contribution is 2.31. The smallest absolute Gasteiger partial charge is 0.433 e. The number of anilines is 1. The maximum atomic E-state index is 13.0. The topological polar surface area (TPSA) is 73.1 Å². The predicted molar refractivity (Wildman–Crippen MR) is 61.3 cm³/mol. The summed E-state index contributed by atoms with van der Waals surface area (Å²) in [4.78, 5) is 6.64. The molecule has 0 aliphatic heterocycles. The van der Waals surface area contributed by atoms with E-state index in [0.29, 0.717) is 12.1 Å². The van der Waals surface area contributed by atoms with Crippen LogP contribution in [0.15, 0.2) is 24.3 Å². The van der Waals surface area contributed by atoms with Gasteiger partial charge in [-0.05, 0) is 12.1 Å². The molecule has 1 aromatic heterocycles. The highest BCUT2D eigenvalue weighted by Gasteiger charge is 2.34. The number of aromatic nitrogens is 2. The molecule has 0 fully saturated rings. The van der Waals surface area contributed by atoms with Crippen molar-refractivity contribution in [2.45, 2.75) is 6.18 Å². The second-order valence-electron chi connectivity index (χ2n) is 3.74. The van der Waals surface area contributed by atoms with Crippen molar-refractivity contribution < 1.29 is 26.7 Å². The highest BCUT2D eigenvalue weighted by molar-refractivity contribution is 5.34. The quantitative estimate of drug-likeness (QED) is 0.518. The number of halogens is 5. The Hall–Kier alpha value is -2.49. The number of benzene rings is 1. The van der Waals surface area contributed by atoms with Crippen LogP contribution in [0.2, 0.25) is 0 Å². The molecular weight excluding hydrogens is 299 g/mol. The lowest BCUT2D eigenvalue weighted by Gasteiger charge is -2.10. The second-order valence-corrected chi connectivity index (χ2v) is 3.74. The molecule has 0 saturated heterocycles. The fourth-order valence-electron chi connectivity index (χ4n) is 1.35. The predicted octanol–water partition coefficient (Wildman–Crippen LogP) is 2.85. The van der Waals surface area contributed by atoms with Gasteiger partial charge in [0, 0.05) is 12.1 Å². The minimum absolute atomic E-state index is 0.233. The lowest BCUT2D eigenvalue weighted by Crippen LogP contribution is -2.15. The second kappa shape index (κ2) is 5.48. The van der Waals surface area contributed by atoms with Gasteiger partial charge in [0.2, 0.25) is 11.8 Å². The molecule has 0 saturated carbocycles. The molecule has 112 valence electrons. The van der Waals surface area contributed by atoms with Crippen molar-refractivity contribution in [2.24, 2.45) is 5.84 Å². The molecule has 0 bridgehead atoms. The average molecular weight is 306 g/mol. The number of rotatable bonds is 3. The van der Waals surface area contributed by atoms with Crippen molar-refractivity contribution in [1.29, 1.82) is 0 Å². The molecule has 2 rings (SSSR count). The van der Waals surface area contributed by atoms with Gasteiger partial charge in [0.25, 0.3) is 0 Å². The van der Waals surface area contributed by atoms with Gasteiger partial charge in [0.1, 0.15) is 5.75 Å². The Labute approximate surface area is 114 Å². The van der Waals surface area contributed by atoms with E-state index in [4.69, 9.17) is 10.6 Å². The zero-order valence-electron chi connectivity index (χ0n) is 10.1. The van der Waals surface area contributed by atoms with E-state index in [1.54, 1.807) is 0 Å². The van der Waals surface area contributed by atoms with Crippen molar-refractivity contribution >= 4 is 5.95 Å². The highest BCUT2D eigenvalue weighted by atomic mass is 19.4. The van der Waals surface area contributed by atoms with Gasteiger partial charge in [-0.25, -0.2) is 19.6 Å². The van der Waals surface area contributed by atoms with Gasteiger partial charge in [-0.2, -0.15) is 18.2 Å². The summed E-state index contributed by atoms with van der Waals surface area (Å²) in [6.07, 6.45) is -4.75. The molecular formula is C11H7F5N4O. The van der Waals surface area contributed by atoms with Crippen LogP contribution in [-0.4, -0.2) is 9.97 Å². The lowest BCUT2D eigenvalue weighted by atomic mass is 10.3. The molecule has 0 unspecified atom stereocenters. The first-order chi connectivity index (χ1) is 9.79. The number of hydrogen-bond donors (Lipinski definition) is 2. The first-order valence-corrected chi connectivity index (χ1v) is 5.35. The molecule has 0 atom stereocenters. The van der Waals surface area contributed by atoms with Crippen molar-refractivity contribution in [3.8, 4) is 11.6 Å². The van der Waals surface area contributed by atoms with Crippen LogP contribution in [0.1, 0.15) is 5.69 Å². The molecule has 2 aromatic rings. The Balaban J connectivity index is 2.36. The number of nitrogens with two attached hydrogens (primary N) is 1. The molecule has 0 aliphatic rings. The third kappa shape index (κ3) is 3.54. The lowest BCUT2D eigenvalue weighted by molar-refractivity contribution is -0.141. The minimum Gasteiger partial charge on any atom is -0.439 e. The standard InChI is InChI=1S/C11H7F5N4O/c12-6-2-1-5(3-7(6)13)21-9-4-8(11(14,15)16)18-10(19-9)20-17/h1-4H,17H2,(H,18,19,20). The first kappa shape index (κ1) is 14.9. The monoisotopic (exact) mass is 306 g/mol. The molecule has 5 nitrogen and oxygen atoms in total. The van der Waals surface area contributed by atoms with Gasteiger partial charge >= 0.3 is 6.18 Å². The normalized spacial score (nSPS) is 11.3. The van der Waals surface area contributed by atoms with Crippen LogP contribution in [0.25, 0.3) is 0 Å². The number of alkyl halides is 3. The Bertz CT molecular complexity index is 662. The van der Waals surface area contributed by atoms with Gasteiger partial charge in [-0.1, -0.05) is 0 Å². The van der Waals surface area contributed by atoms with Gasteiger partial charge in [0.05, 0.1) is 0 Å². The molecule has 21 heavy (non-hydrogen) atoms. The van der Waals surface area contributed by atoms with E-state index in [0.717, 1.165) is 12.1 Å². The molecule has 3 N–H and O–H groups in total. The number of nitrogen functional groups attached to an aromatic ring is 1. The molecule has 1 aromatic carbocycles. The SMILES string of the molecule is NNc1nc(Oc2ccc(F)c(F)c2)cc(C(F)(F)F)n1. The van der Waals surface area contributed by atoms with E-state index < -0.39 is 35.3 Å². The zero-order chi connectivity index (χ0) is 15.6. The number of nitrogens with one attached hydrogen (secondary N) is 1. The minimum atomic E-state index is -4.75. The van der Waals surface area contributed by atoms with Crippen molar-refractivity contribution in [1.82, 2.24) is 9.97 Å². The van der Waals surface area contributed by atoms with Crippen LogP contribution in [0.5, 0.6) is 11.6 Å². The van der Waals surface area contributed by atoms with E-state index >= 15 is 0 Å². The summed E-state index contributed by atoms with van der Waals surface area (Å²) in [5, 5.41) is 0. The van der Waals surface area contributed by atoms with E-state index in [1.807, 2.05) is 5.43 Å². The molecule has 0 amide bonds. The summed E-state index contributed by atoms with van der Waals surface area (Å²) in [7, 11) is 0. The molecule has 10 heteroatoms. The van der Waals surface area contributed by atoms with E-state index in [9.17, 15) is 22.0 Å². The van der Waals surface area contributed by atoms with Crippen LogP contribution in [0, 0.1) is 11.6 Å². The maximum absolute atomic E-state index is 13.0. The third-order valence-corrected chi connectivity index (χ3v) is 2.24. The maximum Gasteiger partial charge on any atom is 0.433 e. The summed E-state index contributed by atoms with van der Waals surface area (Å²) in [6.45, 7) is 0. The number of hydrazine groups is 1. The van der Waals surface area contributed by atoms with Gasteiger partial charge in [-0.15, -0.1) is 0 Å². The summed E-state index contributed by atoms with van der Waals surface area (Å²) in [5.74, 6) is 1.32. The Morgan fingerprint density at radius 3 is 2.33 bits per heavy atom. The van der Waals surface area contributed by atoms with E-state index in [1.165, 1.54) is 0 Å². The zero-order valence-corrected chi connectivity index (χ0v) is 10.1. The van der Waals surface area contributed by atoms with Crippen LogP contribution >= 0.6 is 0 Å². The molecule has 0 spiro atoms. The van der Waals surface area contributed by atoms with Gasteiger partial charge in [-0.3, -0.25) is 5.43 Å². The fraction of sp³-hybridized carbons (Fsp3) is 0.0909. The van der Waals surface area contributed by atoms with Crippen LogP contribution < -0.4 is 16.0 Å². The number of ether oxygens (including phenoxy) is 1. The number of hydrogen-bond acceptors (Lipinski definition) is 5. The molecule has 0 aliphatic carbocycles. The van der Waals surface area contributed by atoms with Crippen molar-refractivity contribution in [3.05, 3.63) is 41.6 Å². The Kier molecular flexibility index (Phi) is 3.89. The van der Waals surface area contributed by atoms with Gasteiger partial charge in [0.15, 0.2) is 17.3 Å². The largest absolute Gasteiger partial charge is 0.439 e. The van der Waals surface area contributed by atoms with E-state index in [-0.39, 0.29) is 5.75 Å². The van der Waals surface area contributed by atoms with Crippen molar-refractivity contribution in [2.75, 3.05) is 5.43 Å².